The van der Waals surface area contributed by atoms with Crippen LogP contribution in [0.5, 0.6) is 0 Å². The number of benzene rings is 2. The lowest BCUT2D eigenvalue weighted by molar-refractivity contribution is -0.137. The van der Waals surface area contributed by atoms with Gasteiger partial charge in [0.15, 0.2) is 0 Å². The second-order valence-corrected chi connectivity index (χ2v) is 12.6. The van der Waals surface area contributed by atoms with E-state index in [2.05, 4.69) is 48.2 Å². The molecule has 1 aliphatic carbocycles. The molecule has 5 heteroatoms. The first-order chi connectivity index (χ1) is 12.6. The van der Waals surface area contributed by atoms with Crippen molar-refractivity contribution in [1.29, 1.82) is 0 Å². The SMILES string of the molecule is C[Si](C)(C)C#CC(=Nc1ccc2c(c1)CCC2)c1ccc(C(F)(F)F)cc1. The molecule has 0 saturated carbocycles. The summed E-state index contributed by atoms with van der Waals surface area (Å²) in [5.41, 5.74) is 7.20. The molecule has 0 atom stereocenters. The lowest BCUT2D eigenvalue weighted by Crippen LogP contribution is -2.17. The van der Waals surface area contributed by atoms with Crippen molar-refractivity contribution in [3.63, 3.8) is 0 Å². The van der Waals surface area contributed by atoms with E-state index in [1.54, 1.807) is 0 Å². The van der Waals surface area contributed by atoms with Crippen molar-refractivity contribution in [3.05, 3.63) is 64.7 Å². The van der Waals surface area contributed by atoms with Gasteiger partial charge in [0.2, 0.25) is 0 Å². The van der Waals surface area contributed by atoms with E-state index in [0.717, 1.165) is 37.1 Å². The van der Waals surface area contributed by atoms with Gasteiger partial charge in [0, 0.05) is 5.56 Å². The molecule has 3 rings (SSSR count). The van der Waals surface area contributed by atoms with Crippen molar-refractivity contribution in [2.24, 2.45) is 4.99 Å². The van der Waals surface area contributed by atoms with Gasteiger partial charge in [-0.2, -0.15) is 13.2 Å². The van der Waals surface area contributed by atoms with E-state index in [9.17, 15) is 13.2 Å². The fourth-order valence-electron chi connectivity index (χ4n) is 2.99. The van der Waals surface area contributed by atoms with Gasteiger partial charge in [-0.1, -0.05) is 43.8 Å². The molecular formula is C22H22F3NSi. The molecule has 2 aromatic carbocycles. The molecule has 0 aliphatic heterocycles. The van der Waals surface area contributed by atoms with E-state index in [0.29, 0.717) is 11.3 Å². The van der Waals surface area contributed by atoms with Crippen LogP contribution in [0.1, 0.15) is 28.7 Å². The molecule has 2 aromatic rings. The Balaban J connectivity index is 2.02. The van der Waals surface area contributed by atoms with Crippen molar-refractivity contribution in [2.45, 2.75) is 45.1 Å². The molecule has 0 spiro atoms. The van der Waals surface area contributed by atoms with Crippen LogP contribution in [0.25, 0.3) is 0 Å². The molecule has 0 radical (unpaired) electrons. The Hall–Kier alpha value is -2.32. The zero-order valence-corrected chi connectivity index (χ0v) is 16.7. The fourth-order valence-corrected chi connectivity index (χ4v) is 3.48. The highest BCUT2D eigenvalue weighted by molar-refractivity contribution is 6.84. The lowest BCUT2D eigenvalue weighted by atomic mass is 10.1. The zero-order chi connectivity index (χ0) is 19.7. The number of halogens is 3. The van der Waals surface area contributed by atoms with E-state index in [1.807, 2.05) is 6.07 Å². The molecule has 27 heavy (non-hydrogen) atoms. The quantitative estimate of drug-likeness (QED) is 0.332. The third-order valence-electron chi connectivity index (χ3n) is 4.36. The highest BCUT2D eigenvalue weighted by atomic mass is 28.3. The summed E-state index contributed by atoms with van der Waals surface area (Å²) in [5.74, 6) is 3.13. The van der Waals surface area contributed by atoms with Gasteiger partial charge in [-0.05, 0) is 54.7 Å². The minimum Gasteiger partial charge on any atom is -0.239 e. The van der Waals surface area contributed by atoms with Crippen molar-refractivity contribution in [2.75, 3.05) is 0 Å². The maximum absolute atomic E-state index is 12.8. The first kappa shape index (κ1) is 19.4. The lowest BCUT2D eigenvalue weighted by Gasteiger charge is -2.09. The van der Waals surface area contributed by atoms with Gasteiger partial charge in [-0.25, -0.2) is 4.99 Å². The maximum atomic E-state index is 12.8. The smallest absolute Gasteiger partial charge is 0.239 e. The van der Waals surface area contributed by atoms with Gasteiger partial charge in [0.25, 0.3) is 0 Å². The van der Waals surface area contributed by atoms with E-state index >= 15 is 0 Å². The molecular weight excluding hydrogens is 363 g/mol. The molecule has 140 valence electrons. The second-order valence-electron chi connectivity index (χ2n) is 7.84. The van der Waals surface area contributed by atoms with Gasteiger partial charge in [0.1, 0.15) is 13.8 Å². The van der Waals surface area contributed by atoms with Crippen molar-refractivity contribution in [3.8, 4) is 11.5 Å². The summed E-state index contributed by atoms with van der Waals surface area (Å²) in [6.07, 6.45) is -1.04. The summed E-state index contributed by atoms with van der Waals surface area (Å²) in [6.45, 7) is 6.37. The molecule has 1 aliphatic rings. The molecule has 0 aromatic heterocycles. The third-order valence-corrected chi connectivity index (χ3v) is 5.24. The van der Waals surface area contributed by atoms with Crippen LogP contribution in [0.3, 0.4) is 0 Å². The zero-order valence-electron chi connectivity index (χ0n) is 15.7. The number of rotatable bonds is 2. The number of aryl methyl sites for hydroxylation is 2. The highest BCUT2D eigenvalue weighted by Gasteiger charge is 2.30. The summed E-state index contributed by atoms with van der Waals surface area (Å²) in [4.78, 5) is 4.69. The Morgan fingerprint density at radius 1 is 0.963 bits per heavy atom. The number of hydrogen-bond donors (Lipinski definition) is 0. The molecule has 0 bridgehead atoms. The van der Waals surface area contributed by atoms with Crippen LogP contribution in [0.4, 0.5) is 18.9 Å². The highest BCUT2D eigenvalue weighted by Crippen LogP contribution is 2.30. The summed E-state index contributed by atoms with van der Waals surface area (Å²) in [5, 5.41) is 0. The summed E-state index contributed by atoms with van der Waals surface area (Å²) >= 11 is 0. The minimum atomic E-state index is -4.35. The van der Waals surface area contributed by atoms with Gasteiger partial charge in [-0.3, -0.25) is 0 Å². The Morgan fingerprint density at radius 3 is 2.26 bits per heavy atom. The number of hydrogen-bond acceptors (Lipinski definition) is 1. The monoisotopic (exact) mass is 385 g/mol. The molecule has 0 N–H and O–H groups in total. The summed E-state index contributed by atoms with van der Waals surface area (Å²) in [7, 11) is -1.65. The number of nitrogens with zero attached hydrogens (tertiary/aromatic N) is 1. The standard InChI is InChI=1S/C22H22F3NSi/c1-27(2,3)14-13-21(17-7-10-19(11-8-17)22(23,24)25)26-20-12-9-16-5-4-6-18(16)15-20/h7-12,15H,4-6H2,1-3H3. The Kier molecular flexibility index (Phi) is 5.30. The summed E-state index contributed by atoms with van der Waals surface area (Å²) < 4.78 is 38.5. The topological polar surface area (TPSA) is 12.4 Å². The van der Waals surface area contributed by atoms with Crippen LogP contribution >= 0.6 is 0 Å². The molecule has 0 saturated heterocycles. The van der Waals surface area contributed by atoms with Crippen LogP contribution in [0.15, 0.2) is 47.5 Å². The van der Waals surface area contributed by atoms with Crippen molar-refractivity contribution < 1.29 is 13.2 Å². The Labute approximate surface area is 159 Å². The van der Waals surface area contributed by atoms with Crippen molar-refractivity contribution >= 4 is 19.5 Å². The average molecular weight is 386 g/mol. The molecule has 0 unspecified atom stereocenters. The number of alkyl halides is 3. The van der Waals surface area contributed by atoms with Crippen molar-refractivity contribution in [1.82, 2.24) is 0 Å². The number of aliphatic imine (C=N–C) groups is 1. The van der Waals surface area contributed by atoms with Gasteiger partial charge in [-0.15, -0.1) is 5.54 Å². The second kappa shape index (κ2) is 7.36. The predicted molar refractivity (Wildman–Crippen MR) is 107 cm³/mol. The molecule has 0 heterocycles. The van der Waals surface area contributed by atoms with E-state index in [4.69, 9.17) is 0 Å². The maximum Gasteiger partial charge on any atom is 0.416 e. The van der Waals surface area contributed by atoms with Crippen LogP contribution in [-0.2, 0) is 19.0 Å². The van der Waals surface area contributed by atoms with Gasteiger partial charge >= 0.3 is 6.18 Å². The number of fused-ring (bicyclic) bond motifs is 1. The van der Waals surface area contributed by atoms with E-state index < -0.39 is 19.8 Å². The third kappa shape index (κ3) is 5.11. The van der Waals surface area contributed by atoms with E-state index in [1.165, 1.54) is 23.3 Å². The van der Waals surface area contributed by atoms with E-state index in [-0.39, 0.29) is 0 Å². The van der Waals surface area contributed by atoms with Crippen LogP contribution in [0, 0.1) is 11.5 Å². The fraction of sp³-hybridized carbons (Fsp3) is 0.318. The average Bonchev–Trinajstić information content (AvgIpc) is 3.05. The normalized spacial score (nSPS) is 14.5. The molecule has 0 amide bonds. The van der Waals surface area contributed by atoms with Gasteiger partial charge < -0.3 is 0 Å². The van der Waals surface area contributed by atoms with Crippen LogP contribution in [-0.4, -0.2) is 13.8 Å². The first-order valence-electron chi connectivity index (χ1n) is 9.03. The van der Waals surface area contributed by atoms with Crippen LogP contribution in [0.2, 0.25) is 19.6 Å². The first-order valence-corrected chi connectivity index (χ1v) is 12.5. The van der Waals surface area contributed by atoms with Gasteiger partial charge in [0.05, 0.1) is 11.3 Å². The Bertz CT molecular complexity index is 923. The minimum absolute atomic E-state index is 0.518. The largest absolute Gasteiger partial charge is 0.416 e. The Morgan fingerprint density at radius 2 is 1.63 bits per heavy atom. The summed E-state index contributed by atoms with van der Waals surface area (Å²) in [6, 6.07) is 11.2. The molecule has 0 fully saturated rings. The molecule has 1 nitrogen and oxygen atoms in total. The predicted octanol–water partition coefficient (Wildman–Crippen LogP) is 6.20. The van der Waals surface area contributed by atoms with Crippen LogP contribution < -0.4 is 0 Å².